The zero-order valence-corrected chi connectivity index (χ0v) is 14.4. The molecule has 0 aliphatic carbocycles. The fourth-order valence-electron chi connectivity index (χ4n) is 4.70. The third kappa shape index (κ3) is 3.49. The van der Waals surface area contributed by atoms with Gasteiger partial charge < -0.3 is 4.48 Å². The van der Waals surface area contributed by atoms with Crippen LogP contribution in [0.5, 0.6) is 0 Å². The maximum Gasteiger partial charge on any atom is 0.178 e. The molecular weight excluding hydrogens is 311 g/mol. The lowest BCUT2D eigenvalue weighted by atomic mass is 9.90. The molecule has 134 valence electrons. The zero-order chi connectivity index (χ0) is 16.6. The van der Waals surface area contributed by atoms with Crippen LogP contribution in [0.4, 0.5) is 4.48 Å². The van der Waals surface area contributed by atoms with E-state index in [0.717, 1.165) is 30.4 Å². The molecular formula is C22H31FN2+2. The second kappa shape index (κ2) is 6.89. The van der Waals surface area contributed by atoms with Crippen LogP contribution in [0, 0.1) is 0 Å². The van der Waals surface area contributed by atoms with Crippen molar-refractivity contribution in [3.63, 3.8) is 0 Å². The Bertz CT molecular complexity index is 628. The third-order valence-electron chi connectivity index (χ3n) is 6.29. The van der Waals surface area contributed by atoms with Crippen molar-refractivity contribution in [3.8, 4) is 0 Å². The Morgan fingerprint density at radius 2 is 1.32 bits per heavy atom. The molecule has 2 aromatic rings. The minimum Gasteiger partial charge on any atom is -0.309 e. The van der Waals surface area contributed by atoms with Crippen LogP contribution in [0.15, 0.2) is 60.7 Å². The molecule has 2 nitrogen and oxygen atoms in total. The number of benzene rings is 2. The van der Waals surface area contributed by atoms with E-state index in [2.05, 4.69) is 61.6 Å². The molecule has 0 aromatic heterocycles. The Labute approximate surface area is 151 Å². The van der Waals surface area contributed by atoms with Crippen molar-refractivity contribution >= 4 is 0 Å². The summed E-state index contributed by atoms with van der Waals surface area (Å²) in [5, 5.41) is 0. The van der Waals surface area contributed by atoms with Gasteiger partial charge in [0.1, 0.15) is 19.1 Å². The van der Waals surface area contributed by atoms with Crippen LogP contribution in [0.3, 0.4) is 0 Å². The summed E-state index contributed by atoms with van der Waals surface area (Å²) in [5.74, 6) is 0. The molecule has 3 aliphatic heterocycles. The Morgan fingerprint density at radius 3 is 1.88 bits per heavy atom. The van der Waals surface area contributed by atoms with E-state index in [9.17, 15) is 0 Å². The fraction of sp³-hybridized carbons (Fsp3) is 0.455. The average Bonchev–Trinajstić information content (AvgIpc) is 2.59. The molecule has 3 aliphatic rings. The molecule has 0 saturated carbocycles. The van der Waals surface area contributed by atoms with Gasteiger partial charge >= 0.3 is 0 Å². The summed E-state index contributed by atoms with van der Waals surface area (Å²) in [5.41, 5.74) is 2.60. The zero-order valence-electron chi connectivity index (χ0n) is 14.4. The van der Waals surface area contributed by atoms with Gasteiger partial charge in [-0.25, -0.2) is 0 Å². The number of quaternary nitrogens is 2. The fourth-order valence-corrected chi connectivity index (χ4v) is 4.70. The van der Waals surface area contributed by atoms with Crippen molar-refractivity contribution in [2.75, 3.05) is 33.2 Å². The van der Waals surface area contributed by atoms with Gasteiger partial charge in [0.2, 0.25) is 0 Å². The van der Waals surface area contributed by atoms with Gasteiger partial charge in [-0.15, -0.1) is 4.71 Å². The van der Waals surface area contributed by atoms with Crippen LogP contribution in [0.25, 0.3) is 0 Å². The second-order valence-electron chi connectivity index (χ2n) is 7.90. The maximum atomic E-state index is 15.7. The summed E-state index contributed by atoms with van der Waals surface area (Å²) in [6.07, 6.45) is 1.84. The van der Waals surface area contributed by atoms with Crippen molar-refractivity contribution in [3.05, 3.63) is 71.8 Å². The highest BCUT2D eigenvalue weighted by Crippen LogP contribution is 2.37. The number of halogens is 1. The summed E-state index contributed by atoms with van der Waals surface area (Å²) in [6, 6.07) is 21.5. The van der Waals surface area contributed by atoms with Crippen molar-refractivity contribution in [1.29, 1.82) is 0 Å². The first-order valence-corrected chi connectivity index (χ1v) is 9.06. The van der Waals surface area contributed by atoms with Gasteiger partial charge in [0, 0.05) is 12.8 Å². The van der Waals surface area contributed by atoms with E-state index >= 15 is 4.48 Å². The Kier molecular flexibility index (Phi) is 4.99. The lowest BCUT2D eigenvalue weighted by molar-refractivity contribution is -1.17. The summed E-state index contributed by atoms with van der Waals surface area (Å²) in [6.45, 7) is 3.23. The van der Waals surface area contributed by atoms with Gasteiger partial charge in [0.25, 0.3) is 0 Å². The van der Waals surface area contributed by atoms with Gasteiger partial charge in [-0.05, 0) is 15.6 Å². The molecule has 0 radical (unpaired) electrons. The number of piperazine rings is 3. The lowest BCUT2D eigenvalue weighted by Crippen LogP contribution is -2.79. The van der Waals surface area contributed by atoms with E-state index in [1.54, 1.807) is 0 Å². The number of rotatable bonds is 4. The summed E-state index contributed by atoms with van der Waals surface area (Å²) in [4.78, 5) is 0. The van der Waals surface area contributed by atoms with E-state index in [-0.39, 0.29) is 18.2 Å². The third-order valence-corrected chi connectivity index (χ3v) is 6.29. The largest absolute Gasteiger partial charge is 0.309 e. The first-order chi connectivity index (χ1) is 11.6. The maximum absolute atomic E-state index is 15.7. The number of hydrogen-bond acceptors (Lipinski definition) is 0. The van der Waals surface area contributed by atoms with Crippen molar-refractivity contribution < 1.29 is 13.7 Å². The Balaban J connectivity index is 0.00000182. The van der Waals surface area contributed by atoms with Crippen molar-refractivity contribution in [2.45, 2.75) is 32.4 Å². The molecule has 0 N–H and O–H groups in total. The van der Waals surface area contributed by atoms with E-state index < -0.39 is 0 Å². The topological polar surface area (TPSA) is 0 Å². The highest BCUT2D eigenvalue weighted by atomic mass is 19.2. The molecule has 3 heteroatoms. The van der Waals surface area contributed by atoms with Crippen LogP contribution in [0.1, 0.15) is 18.6 Å². The number of nitrogens with zero attached hydrogens (tertiary/aromatic N) is 2. The van der Waals surface area contributed by atoms with Gasteiger partial charge in [-0.1, -0.05) is 68.1 Å². The molecule has 0 amide bonds. The molecule has 3 saturated heterocycles. The number of fused-ring (bicyclic) bond motifs is 3. The molecule has 3 heterocycles. The molecule has 4 atom stereocenters. The predicted molar refractivity (Wildman–Crippen MR) is 102 cm³/mol. The quantitative estimate of drug-likeness (QED) is 0.581. The van der Waals surface area contributed by atoms with Crippen LogP contribution in [-0.4, -0.2) is 54.5 Å². The van der Waals surface area contributed by atoms with Crippen LogP contribution >= 0.6 is 0 Å². The minimum absolute atomic E-state index is 0. The molecule has 2 aromatic carbocycles. The normalized spacial score (nSPS) is 33.7. The van der Waals surface area contributed by atoms with Crippen LogP contribution < -0.4 is 0 Å². The van der Waals surface area contributed by atoms with Crippen molar-refractivity contribution in [2.24, 2.45) is 0 Å². The highest BCUT2D eigenvalue weighted by molar-refractivity contribution is 5.17. The first kappa shape index (κ1) is 18.1. The van der Waals surface area contributed by atoms with Crippen LogP contribution in [-0.2, 0) is 12.8 Å². The summed E-state index contributed by atoms with van der Waals surface area (Å²) >= 11 is 0. The Morgan fingerprint density at radius 1 is 0.800 bits per heavy atom. The first-order valence-electron chi connectivity index (χ1n) is 9.06. The van der Waals surface area contributed by atoms with E-state index in [1.807, 2.05) is 6.07 Å². The van der Waals surface area contributed by atoms with Gasteiger partial charge in [-0.2, -0.15) is 0 Å². The summed E-state index contributed by atoms with van der Waals surface area (Å²) in [7, 11) is 2.34. The molecule has 0 spiro atoms. The average molecular weight is 343 g/mol. The monoisotopic (exact) mass is 342 g/mol. The van der Waals surface area contributed by atoms with E-state index in [0.29, 0.717) is 19.1 Å². The van der Waals surface area contributed by atoms with E-state index in [4.69, 9.17) is 0 Å². The standard InChI is InChI=1S/C21H27FN2.CH4/c1-23-12-13-24(22,17-20(23)14-18-8-4-2-5-9-18)21(16-23)15-19-10-6-3-7-11-19;/h2-11,20-21H,12-17H2,1H3;1H4/q+2;. The molecule has 5 rings (SSSR count). The SMILES string of the molecule is C.C[N+]12CC[N+](F)(CC1Cc1ccccc1)C(Cc1ccccc1)C2. The predicted octanol–water partition coefficient (Wildman–Crippen LogP) is 4.02. The van der Waals surface area contributed by atoms with Gasteiger partial charge in [-0.3, -0.25) is 0 Å². The molecule has 2 bridgehead atoms. The van der Waals surface area contributed by atoms with Gasteiger partial charge in [0.05, 0.1) is 7.05 Å². The van der Waals surface area contributed by atoms with Gasteiger partial charge in [0.15, 0.2) is 19.1 Å². The second-order valence-corrected chi connectivity index (χ2v) is 7.90. The highest BCUT2D eigenvalue weighted by Gasteiger charge is 2.60. The number of hydrogen-bond donors (Lipinski definition) is 0. The summed E-state index contributed by atoms with van der Waals surface area (Å²) < 4.78 is 16.5. The lowest BCUT2D eigenvalue weighted by Gasteiger charge is -2.56. The van der Waals surface area contributed by atoms with E-state index in [1.165, 1.54) is 11.1 Å². The minimum atomic E-state index is -0.236. The molecule has 4 unspecified atom stereocenters. The Hall–Kier alpha value is -1.71. The molecule has 25 heavy (non-hydrogen) atoms. The van der Waals surface area contributed by atoms with Crippen LogP contribution in [0.2, 0.25) is 0 Å². The number of likely N-dealkylation sites (N-methyl/N-ethyl adjacent to an activating group) is 1. The van der Waals surface area contributed by atoms with Crippen molar-refractivity contribution in [1.82, 2.24) is 0 Å². The smallest absolute Gasteiger partial charge is 0.178 e. The molecule has 3 fully saturated rings.